The second-order valence-electron chi connectivity index (χ2n) is 3.61. The van der Waals surface area contributed by atoms with Crippen molar-refractivity contribution in [3.05, 3.63) is 16.9 Å². The first kappa shape index (κ1) is 14.6. The number of ether oxygens (including phenoxy) is 1. The summed E-state index contributed by atoms with van der Waals surface area (Å²) in [7, 11) is 0. The second kappa shape index (κ2) is 5.31. The first-order chi connectivity index (χ1) is 9.38. The van der Waals surface area contributed by atoms with Crippen LogP contribution in [0.3, 0.4) is 0 Å². The van der Waals surface area contributed by atoms with Gasteiger partial charge in [-0.3, -0.25) is 4.94 Å². The minimum absolute atomic E-state index is 0.221. The summed E-state index contributed by atoms with van der Waals surface area (Å²) in [4.78, 5) is 8.57. The van der Waals surface area contributed by atoms with E-state index in [-0.39, 0.29) is 16.3 Å². The zero-order chi connectivity index (χ0) is 14.9. The topological polar surface area (TPSA) is 47.1 Å². The van der Waals surface area contributed by atoms with E-state index in [2.05, 4.69) is 9.93 Å². The van der Waals surface area contributed by atoms with Crippen molar-refractivity contribution in [2.75, 3.05) is 13.3 Å². The van der Waals surface area contributed by atoms with E-state index in [0.717, 1.165) is 6.07 Å². The van der Waals surface area contributed by atoms with Crippen molar-refractivity contribution >= 4 is 22.6 Å². The standard InChI is InChI=1S/C10H6ClF5N2O2/c11-4-3-5(19-2-1-12)8(20-16)7-6(4)17-9(18-7)10(13,14)15/h3H,1-2H2,(H,17,18). The fraction of sp³-hybridized carbons (Fsp3) is 0.300. The molecule has 1 aromatic carbocycles. The van der Waals surface area contributed by atoms with Crippen LogP contribution in [-0.4, -0.2) is 23.2 Å². The van der Waals surface area contributed by atoms with Crippen LogP contribution in [0, 0.1) is 0 Å². The largest absolute Gasteiger partial charge is 0.487 e. The minimum Gasteiger partial charge on any atom is -0.487 e. The molecule has 0 spiro atoms. The summed E-state index contributed by atoms with van der Waals surface area (Å²) < 4.78 is 67.0. The molecule has 0 aliphatic carbocycles. The van der Waals surface area contributed by atoms with E-state index in [9.17, 15) is 22.1 Å². The van der Waals surface area contributed by atoms with E-state index in [1.807, 2.05) is 4.98 Å². The van der Waals surface area contributed by atoms with Crippen molar-refractivity contribution in [1.82, 2.24) is 9.97 Å². The van der Waals surface area contributed by atoms with Crippen molar-refractivity contribution < 1.29 is 31.8 Å². The van der Waals surface area contributed by atoms with Gasteiger partial charge in [-0.15, -0.1) is 0 Å². The van der Waals surface area contributed by atoms with Gasteiger partial charge in [-0.2, -0.15) is 13.2 Å². The molecule has 0 radical (unpaired) electrons. The number of halogens is 6. The third-order valence-corrected chi connectivity index (χ3v) is 2.61. The first-order valence-corrected chi connectivity index (χ1v) is 5.53. The number of imidazole rings is 1. The first-order valence-electron chi connectivity index (χ1n) is 5.15. The lowest BCUT2D eigenvalue weighted by molar-refractivity contribution is -0.144. The molecule has 2 aromatic rings. The molecule has 1 N–H and O–H groups in total. The van der Waals surface area contributed by atoms with E-state index >= 15 is 0 Å². The molecule has 0 aliphatic heterocycles. The predicted octanol–water partition coefficient (Wildman–Crippen LogP) is 3.85. The van der Waals surface area contributed by atoms with Crippen LogP contribution in [0.15, 0.2) is 6.07 Å². The van der Waals surface area contributed by atoms with Crippen molar-refractivity contribution in [2.24, 2.45) is 0 Å². The average molecular weight is 317 g/mol. The second-order valence-corrected chi connectivity index (χ2v) is 4.01. The van der Waals surface area contributed by atoms with Gasteiger partial charge in [0.2, 0.25) is 11.6 Å². The molecule has 0 aliphatic rings. The fourth-order valence-electron chi connectivity index (χ4n) is 1.55. The Kier molecular flexibility index (Phi) is 3.89. The molecule has 0 saturated carbocycles. The van der Waals surface area contributed by atoms with Crippen molar-refractivity contribution in [3.8, 4) is 11.5 Å². The van der Waals surface area contributed by atoms with Crippen LogP contribution in [0.2, 0.25) is 5.02 Å². The maximum Gasteiger partial charge on any atom is 0.449 e. The van der Waals surface area contributed by atoms with Gasteiger partial charge in [0, 0.05) is 10.6 Å². The summed E-state index contributed by atoms with van der Waals surface area (Å²) in [6.45, 7) is -1.31. The average Bonchev–Trinajstić information content (AvgIpc) is 2.81. The van der Waals surface area contributed by atoms with Gasteiger partial charge in [-0.05, 0) is 0 Å². The monoisotopic (exact) mass is 316 g/mol. The Morgan fingerprint density at radius 2 is 2.05 bits per heavy atom. The van der Waals surface area contributed by atoms with Gasteiger partial charge in [0.1, 0.15) is 24.3 Å². The molecule has 0 unspecified atom stereocenters. The summed E-state index contributed by atoms with van der Waals surface area (Å²) in [5, 5.41) is -0.221. The highest BCUT2D eigenvalue weighted by molar-refractivity contribution is 6.35. The highest BCUT2D eigenvalue weighted by atomic mass is 35.5. The number of aromatic nitrogens is 2. The maximum atomic E-state index is 12.5. The van der Waals surface area contributed by atoms with Gasteiger partial charge in [-0.1, -0.05) is 11.6 Å². The molecule has 0 bridgehead atoms. The molecule has 2 rings (SSSR count). The molecular formula is C10H6ClF5N2O2. The number of benzene rings is 1. The third kappa shape index (κ3) is 2.58. The Morgan fingerprint density at radius 1 is 1.35 bits per heavy atom. The van der Waals surface area contributed by atoms with E-state index in [4.69, 9.17) is 16.3 Å². The van der Waals surface area contributed by atoms with Crippen molar-refractivity contribution in [3.63, 3.8) is 0 Å². The zero-order valence-electron chi connectivity index (χ0n) is 9.52. The fourth-order valence-corrected chi connectivity index (χ4v) is 1.79. The molecule has 20 heavy (non-hydrogen) atoms. The number of hydrogen-bond donors (Lipinski definition) is 1. The zero-order valence-corrected chi connectivity index (χ0v) is 10.3. The molecule has 4 nitrogen and oxygen atoms in total. The van der Waals surface area contributed by atoms with Gasteiger partial charge in [0.05, 0.1) is 5.02 Å². The highest BCUT2D eigenvalue weighted by Crippen LogP contribution is 2.41. The van der Waals surface area contributed by atoms with E-state index in [1.165, 1.54) is 0 Å². The van der Waals surface area contributed by atoms with Crippen molar-refractivity contribution in [2.45, 2.75) is 6.18 Å². The van der Waals surface area contributed by atoms with Gasteiger partial charge >= 0.3 is 6.18 Å². The minimum atomic E-state index is -4.77. The van der Waals surface area contributed by atoms with Crippen LogP contribution in [0.4, 0.5) is 22.1 Å². The molecule has 0 atom stereocenters. The molecule has 0 saturated heterocycles. The van der Waals surface area contributed by atoms with Crippen LogP contribution >= 0.6 is 11.6 Å². The Bertz CT molecular complexity index is 628. The molecule has 0 fully saturated rings. The number of nitrogens with one attached hydrogen (secondary N) is 1. The quantitative estimate of drug-likeness (QED) is 0.872. The molecule has 110 valence electrons. The van der Waals surface area contributed by atoms with Gasteiger partial charge < -0.3 is 9.72 Å². The van der Waals surface area contributed by atoms with E-state index < -0.39 is 36.5 Å². The smallest absolute Gasteiger partial charge is 0.449 e. The van der Waals surface area contributed by atoms with Crippen molar-refractivity contribution in [1.29, 1.82) is 0 Å². The van der Waals surface area contributed by atoms with Crippen LogP contribution in [0.25, 0.3) is 11.0 Å². The Morgan fingerprint density at radius 3 is 2.60 bits per heavy atom. The number of H-pyrrole nitrogens is 1. The summed E-state index contributed by atoms with van der Waals surface area (Å²) in [6.07, 6.45) is -4.77. The molecule has 1 heterocycles. The number of alkyl halides is 4. The summed E-state index contributed by atoms with van der Waals surface area (Å²) in [5.74, 6) is -2.38. The van der Waals surface area contributed by atoms with Gasteiger partial charge in [0.25, 0.3) is 0 Å². The Balaban J connectivity index is 2.63. The van der Waals surface area contributed by atoms with E-state index in [1.54, 1.807) is 0 Å². The number of aromatic amines is 1. The summed E-state index contributed by atoms with van der Waals surface area (Å²) in [5.41, 5.74) is -0.763. The lowest BCUT2D eigenvalue weighted by Crippen LogP contribution is -2.06. The molecule has 10 heteroatoms. The number of rotatable bonds is 4. The maximum absolute atomic E-state index is 12.5. The van der Waals surface area contributed by atoms with Crippen LogP contribution in [0.1, 0.15) is 5.82 Å². The third-order valence-electron chi connectivity index (χ3n) is 2.32. The van der Waals surface area contributed by atoms with Crippen LogP contribution in [0.5, 0.6) is 11.5 Å². The Hall–Kier alpha value is -1.77. The number of hydrogen-bond acceptors (Lipinski definition) is 3. The lowest BCUT2D eigenvalue weighted by Gasteiger charge is -2.08. The molecule has 1 aromatic heterocycles. The highest BCUT2D eigenvalue weighted by Gasteiger charge is 2.36. The lowest BCUT2D eigenvalue weighted by atomic mass is 10.2. The summed E-state index contributed by atoms with van der Waals surface area (Å²) >= 11 is 5.73. The van der Waals surface area contributed by atoms with E-state index in [0.29, 0.717) is 0 Å². The molecular weight excluding hydrogens is 311 g/mol. The number of nitrogens with zero attached hydrogens (tertiary/aromatic N) is 1. The normalized spacial score (nSPS) is 11.9. The SMILES string of the molecule is FCCOc1cc(Cl)c2nc(C(F)(F)F)[nH]c2c1OF. The Labute approximate surface area is 113 Å². The van der Waals surface area contributed by atoms with Crippen LogP contribution < -0.4 is 9.68 Å². The predicted molar refractivity (Wildman–Crippen MR) is 59.3 cm³/mol. The molecule has 0 amide bonds. The van der Waals surface area contributed by atoms with Gasteiger partial charge in [-0.25, -0.2) is 9.37 Å². The summed E-state index contributed by atoms with van der Waals surface area (Å²) in [6, 6.07) is 0.995. The van der Waals surface area contributed by atoms with Crippen LogP contribution in [-0.2, 0) is 6.18 Å². The number of fused-ring (bicyclic) bond motifs is 1. The van der Waals surface area contributed by atoms with Gasteiger partial charge in [0.15, 0.2) is 5.75 Å².